The largest absolute Gasteiger partial charge is 0.358 e. The van der Waals surface area contributed by atoms with Crippen LogP contribution in [0.1, 0.15) is 19.0 Å². The minimum atomic E-state index is 0.835. The highest BCUT2D eigenvalue weighted by atomic mass is 32.2. The lowest BCUT2D eigenvalue weighted by Gasteiger charge is -2.20. The van der Waals surface area contributed by atoms with E-state index in [1.165, 1.54) is 10.8 Å². The van der Waals surface area contributed by atoms with Crippen LogP contribution in [0.25, 0.3) is 10.8 Å². The van der Waals surface area contributed by atoms with Crippen LogP contribution in [0.5, 0.6) is 0 Å². The van der Waals surface area contributed by atoms with Crippen LogP contribution in [-0.4, -0.2) is 37.1 Å². The van der Waals surface area contributed by atoms with E-state index in [9.17, 15) is 0 Å². The van der Waals surface area contributed by atoms with E-state index in [0.717, 1.165) is 43.3 Å². The third kappa shape index (κ3) is 4.35. The summed E-state index contributed by atoms with van der Waals surface area (Å²) in [6, 6.07) is 10.7. The van der Waals surface area contributed by atoms with Gasteiger partial charge in [-0.25, -0.2) is 4.98 Å². The van der Waals surface area contributed by atoms with E-state index >= 15 is 0 Å². The molecule has 0 fully saturated rings. The van der Waals surface area contributed by atoms with Crippen molar-refractivity contribution < 1.29 is 0 Å². The molecule has 114 valence electrons. The number of fused-ring (bicyclic) bond motifs is 1. The summed E-state index contributed by atoms with van der Waals surface area (Å²) in [4.78, 5) is 7.15. The van der Waals surface area contributed by atoms with Gasteiger partial charge in [0.2, 0.25) is 0 Å². The highest BCUT2D eigenvalue weighted by Crippen LogP contribution is 2.25. The van der Waals surface area contributed by atoms with Gasteiger partial charge in [-0.1, -0.05) is 31.2 Å². The SMILES string of the molecule is CCCNCc1cc2ccccc2c(N(C)CCSC)n1. The quantitative estimate of drug-likeness (QED) is 0.755. The summed E-state index contributed by atoms with van der Waals surface area (Å²) < 4.78 is 0. The molecule has 0 unspecified atom stereocenters. The first kappa shape index (κ1) is 16.1. The standard InChI is InChI=1S/C17H25N3S/c1-4-9-18-13-15-12-14-7-5-6-8-16(14)17(19-15)20(2)10-11-21-3/h5-8,12,18H,4,9-11,13H2,1-3H3. The number of pyridine rings is 1. The van der Waals surface area contributed by atoms with Gasteiger partial charge < -0.3 is 10.2 Å². The van der Waals surface area contributed by atoms with Crippen LogP contribution in [-0.2, 0) is 6.54 Å². The first-order valence-electron chi connectivity index (χ1n) is 7.55. The van der Waals surface area contributed by atoms with Crippen molar-refractivity contribution in [2.45, 2.75) is 19.9 Å². The Hall–Kier alpha value is -1.26. The van der Waals surface area contributed by atoms with Crippen LogP contribution >= 0.6 is 11.8 Å². The van der Waals surface area contributed by atoms with Crippen molar-refractivity contribution in [3.63, 3.8) is 0 Å². The molecule has 0 atom stereocenters. The number of rotatable bonds is 8. The Morgan fingerprint density at radius 3 is 2.86 bits per heavy atom. The molecule has 0 radical (unpaired) electrons. The molecule has 3 nitrogen and oxygen atoms in total. The maximum absolute atomic E-state index is 4.88. The highest BCUT2D eigenvalue weighted by Gasteiger charge is 2.09. The number of hydrogen-bond acceptors (Lipinski definition) is 4. The van der Waals surface area contributed by atoms with Gasteiger partial charge in [-0.2, -0.15) is 11.8 Å². The van der Waals surface area contributed by atoms with Crippen LogP contribution in [0.2, 0.25) is 0 Å². The molecule has 1 aromatic carbocycles. The maximum Gasteiger partial charge on any atom is 0.136 e. The summed E-state index contributed by atoms with van der Waals surface area (Å²) >= 11 is 1.87. The second-order valence-corrected chi connectivity index (χ2v) is 6.24. The molecule has 1 heterocycles. The monoisotopic (exact) mass is 303 g/mol. The number of hydrogen-bond donors (Lipinski definition) is 1. The van der Waals surface area contributed by atoms with E-state index in [-0.39, 0.29) is 0 Å². The third-order valence-electron chi connectivity index (χ3n) is 3.50. The molecule has 21 heavy (non-hydrogen) atoms. The number of benzene rings is 1. The zero-order valence-electron chi connectivity index (χ0n) is 13.2. The molecule has 0 saturated heterocycles. The van der Waals surface area contributed by atoms with Gasteiger partial charge in [0.05, 0.1) is 5.69 Å². The van der Waals surface area contributed by atoms with Gasteiger partial charge in [-0.3, -0.25) is 0 Å². The zero-order valence-corrected chi connectivity index (χ0v) is 14.0. The van der Waals surface area contributed by atoms with E-state index in [4.69, 9.17) is 4.98 Å². The van der Waals surface area contributed by atoms with Crippen LogP contribution in [0.3, 0.4) is 0 Å². The van der Waals surface area contributed by atoms with Crippen molar-refractivity contribution in [1.29, 1.82) is 0 Å². The predicted molar refractivity (Wildman–Crippen MR) is 95.4 cm³/mol. The molecule has 0 amide bonds. The second-order valence-electron chi connectivity index (χ2n) is 5.25. The molecule has 0 bridgehead atoms. The Morgan fingerprint density at radius 1 is 1.29 bits per heavy atom. The normalized spacial score (nSPS) is 11.0. The van der Waals surface area contributed by atoms with E-state index in [0.29, 0.717) is 0 Å². The molecular weight excluding hydrogens is 278 g/mol. The molecule has 0 aliphatic carbocycles. The number of nitrogens with zero attached hydrogens (tertiary/aromatic N) is 2. The van der Waals surface area contributed by atoms with Crippen LogP contribution in [0.15, 0.2) is 30.3 Å². The van der Waals surface area contributed by atoms with Crippen molar-refractivity contribution in [3.8, 4) is 0 Å². The van der Waals surface area contributed by atoms with E-state index in [2.05, 4.69) is 60.8 Å². The van der Waals surface area contributed by atoms with Crippen molar-refractivity contribution in [2.75, 3.05) is 37.0 Å². The van der Waals surface area contributed by atoms with Gasteiger partial charge >= 0.3 is 0 Å². The second kappa shape index (κ2) is 8.25. The van der Waals surface area contributed by atoms with Crippen molar-refractivity contribution in [3.05, 3.63) is 36.0 Å². The lowest BCUT2D eigenvalue weighted by molar-refractivity contribution is 0.664. The molecule has 0 aliphatic rings. The molecule has 2 rings (SSSR count). The lowest BCUT2D eigenvalue weighted by Crippen LogP contribution is -2.23. The Morgan fingerprint density at radius 2 is 2.10 bits per heavy atom. The van der Waals surface area contributed by atoms with E-state index in [1.54, 1.807) is 0 Å². The summed E-state index contributed by atoms with van der Waals surface area (Å²) in [5.41, 5.74) is 1.12. The van der Waals surface area contributed by atoms with Gasteiger partial charge in [-0.05, 0) is 30.7 Å². The fourth-order valence-electron chi connectivity index (χ4n) is 2.34. The predicted octanol–water partition coefficient (Wildman–Crippen LogP) is 3.53. The van der Waals surface area contributed by atoms with Crippen LogP contribution < -0.4 is 10.2 Å². The molecule has 0 spiro atoms. The van der Waals surface area contributed by atoms with Crippen molar-refractivity contribution >= 4 is 28.4 Å². The van der Waals surface area contributed by atoms with Crippen LogP contribution in [0, 0.1) is 0 Å². The van der Waals surface area contributed by atoms with Gasteiger partial charge in [0, 0.05) is 31.3 Å². The Bertz CT molecular complexity index is 571. The summed E-state index contributed by atoms with van der Waals surface area (Å²) in [7, 11) is 2.13. The summed E-state index contributed by atoms with van der Waals surface area (Å²) in [6.07, 6.45) is 3.29. The molecule has 0 saturated carbocycles. The topological polar surface area (TPSA) is 28.2 Å². The summed E-state index contributed by atoms with van der Waals surface area (Å²) in [6.45, 7) is 5.07. The first-order valence-corrected chi connectivity index (χ1v) is 8.95. The highest BCUT2D eigenvalue weighted by molar-refractivity contribution is 7.98. The Kier molecular flexibility index (Phi) is 6.33. The first-order chi connectivity index (χ1) is 10.3. The fourth-order valence-corrected chi connectivity index (χ4v) is 2.80. The number of thioether (sulfide) groups is 1. The lowest BCUT2D eigenvalue weighted by atomic mass is 10.1. The van der Waals surface area contributed by atoms with E-state index < -0.39 is 0 Å². The number of nitrogens with one attached hydrogen (secondary N) is 1. The van der Waals surface area contributed by atoms with Gasteiger partial charge in [0.1, 0.15) is 5.82 Å². The number of anilines is 1. The summed E-state index contributed by atoms with van der Waals surface area (Å²) in [5.74, 6) is 2.21. The molecule has 1 aromatic heterocycles. The van der Waals surface area contributed by atoms with Gasteiger partial charge in [0.25, 0.3) is 0 Å². The van der Waals surface area contributed by atoms with Gasteiger partial charge in [0.15, 0.2) is 0 Å². The summed E-state index contributed by atoms with van der Waals surface area (Å²) in [5, 5.41) is 5.95. The number of aromatic nitrogens is 1. The smallest absolute Gasteiger partial charge is 0.136 e. The molecular formula is C17H25N3S. The third-order valence-corrected chi connectivity index (χ3v) is 4.09. The van der Waals surface area contributed by atoms with Gasteiger partial charge in [-0.15, -0.1) is 0 Å². The fraction of sp³-hybridized carbons (Fsp3) is 0.471. The zero-order chi connectivity index (χ0) is 15.1. The van der Waals surface area contributed by atoms with Crippen LogP contribution in [0.4, 0.5) is 5.82 Å². The molecule has 0 aliphatic heterocycles. The van der Waals surface area contributed by atoms with E-state index in [1.807, 2.05) is 11.8 Å². The maximum atomic E-state index is 4.88. The Balaban J connectivity index is 2.31. The Labute approximate surface area is 132 Å². The average Bonchev–Trinajstić information content (AvgIpc) is 2.52. The minimum absolute atomic E-state index is 0.835. The van der Waals surface area contributed by atoms with Crippen molar-refractivity contribution in [2.24, 2.45) is 0 Å². The minimum Gasteiger partial charge on any atom is -0.358 e. The van der Waals surface area contributed by atoms with Crippen molar-refractivity contribution in [1.82, 2.24) is 10.3 Å². The molecule has 4 heteroatoms. The molecule has 1 N–H and O–H groups in total. The average molecular weight is 303 g/mol. The molecule has 2 aromatic rings.